The van der Waals surface area contributed by atoms with Crippen LogP contribution in [0.1, 0.15) is 18.7 Å². The van der Waals surface area contributed by atoms with Gasteiger partial charge in [-0.1, -0.05) is 0 Å². The molecule has 0 aliphatic carbocycles. The molecule has 0 spiro atoms. The van der Waals surface area contributed by atoms with Crippen LogP contribution < -0.4 is 0 Å². The Morgan fingerprint density at radius 3 is 2.05 bits per heavy atom. The summed E-state index contributed by atoms with van der Waals surface area (Å²) in [5.74, 6) is -7.54. The Morgan fingerprint density at radius 2 is 1.55 bits per heavy atom. The molecule has 2 atom stereocenters. The fourth-order valence-corrected chi connectivity index (χ4v) is 2.22. The summed E-state index contributed by atoms with van der Waals surface area (Å²) < 4.78 is 80.7. The summed E-state index contributed by atoms with van der Waals surface area (Å²) in [6.07, 6.45) is -3.52. The van der Waals surface area contributed by atoms with E-state index in [4.69, 9.17) is 13.3 Å². The molecular formula is C11H12F5O3Si. The van der Waals surface area contributed by atoms with Crippen molar-refractivity contribution in [3.63, 3.8) is 0 Å². The highest BCUT2D eigenvalue weighted by Crippen LogP contribution is 2.29. The van der Waals surface area contributed by atoms with Crippen molar-refractivity contribution in [2.45, 2.75) is 19.2 Å². The minimum atomic E-state index is -2.24. The van der Waals surface area contributed by atoms with Crippen LogP contribution in [0.25, 0.3) is 0 Å². The van der Waals surface area contributed by atoms with E-state index in [1.807, 2.05) is 0 Å². The van der Waals surface area contributed by atoms with Gasteiger partial charge < -0.3 is 13.3 Å². The molecule has 0 amide bonds. The van der Waals surface area contributed by atoms with Crippen molar-refractivity contribution >= 4 is 9.53 Å². The highest BCUT2D eigenvalue weighted by atomic mass is 28.3. The summed E-state index contributed by atoms with van der Waals surface area (Å²) in [6, 6.07) is 0.254. The summed E-state index contributed by atoms with van der Waals surface area (Å²) >= 11 is 0. The van der Waals surface area contributed by atoms with Crippen molar-refractivity contribution in [1.82, 2.24) is 0 Å². The van der Waals surface area contributed by atoms with Gasteiger partial charge in [0.25, 0.3) is 0 Å². The van der Waals surface area contributed by atoms with Gasteiger partial charge in [-0.05, 0) is 13.0 Å². The third-order valence-corrected chi connectivity index (χ3v) is 3.69. The molecule has 1 aromatic carbocycles. The summed E-state index contributed by atoms with van der Waals surface area (Å²) in [5, 5.41) is 0. The Kier molecular flexibility index (Phi) is 6.05. The van der Waals surface area contributed by atoms with Crippen LogP contribution in [-0.2, 0) is 13.3 Å². The van der Waals surface area contributed by atoms with Gasteiger partial charge in [-0.3, -0.25) is 0 Å². The Balaban J connectivity index is 3.00. The van der Waals surface area contributed by atoms with Crippen LogP contribution in [0.15, 0.2) is 6.07 Å². The van der Waals surface area contributed by atoms with Gasteiger partial charge in [0, 0.05) is 19.8 Å². The monoisotopic (exact) mass is 315 g/mol. The van der Waals surface area contributed by atoms with Gasteiger partial charge in [-0.2, -0.15) is 0 Å². The van der Waals surface area contributed by atoms with E-state index in [-0.39, 0.29) is 6.07 Å². The fourth-order valence-electron chi connectivity index (χ4n) is 1.44. The molecule has 20 heavy (non-hydrogen) atoms. The molecule has 1 aromatic rings. The summed E-state index contributed by atoms with van der Waals surface area (Å²) in [5.41, 5.74) is -0.970. The number of alkyl halides is 1. The van der Waals surface area contributed by atoms with Crippen molar-refractivity contribution < 1.29 is 35.2 Å². The maximum atomic E-state index is 14.0. The van der Waals surface area contributed by atoms with E-state index in [2.05, 4.69) is 0 Å². The smallest absolute Gasteiger partial charge is 0.375 e. The van der Waals surface area contributed by atoms with Gasteiger partial charge in [-0.15, -0.1) is 0 Å². The topological polar surface area (TPSA) is 27.7 Å². The van der Waals surface area contributed by atoms with E-state index in [1.54, 1.807) is 0 Å². The first kappa shape index (κ1) is 17.0. The SMILES string of the molecule is CO[Si](OC)OC(C)C(F)c1cc(F)c(F)c(F)c1F. The molecule has 1 radical (unpaired) electrons. The van der Waals surface area contributed by atoms with Crippen molar-refractivity contribution in [2.75, 3.05) is 14.2 Å². The number of halogens is 5. The van der Waals surface area contributed by atoms with Gasteiger partial charge in [0.15, 0.2) is 29.4 Å². The lowest BCUT2D eigenvalue weighted by Crippen LogP contribution is -2.31. The first-order chi connectivity index (χ1) is 9.33. The molecule has 0 aromatic heterocycles. The molecule has 0 bridgehead atoms. The zero-order valence-electron chi connectivity index (χ0n) is 10.8. The average molecular weight is 315 g/mol. The van der Waals surface area contributed by atoms with Gasteiger partial charge in [-0.25, -0.2) is 22.0 Å². The lowest BCUT2D eigenvalue weighted by molar-refractivity contribution is 0.0450. The van der Waals surface area contributed by atoms with Crippen LogP contribution in [-0.4, -0.2) is 29.9 Å². The Bertz CT molecular complexity index is 470. The molecule has 0 saturated carbocycles. The first-order valence-corrected chi connectivity index (χ1v) is 6.64. The molecule has 1 rings (SSSR count). The standard InChI is InChI=1S/C11H12F5O3Si/c1-5(19-20(17-2)18-3)8(13)6-4-7(12)10(15)11(16)9(6)14/h4-5,8H,1-3H3. The second kappa shape index (κ2) is 7.11. The third-order valence-electron chi connectivity index (χ3n) is 2.46. The summed E-state index contributed by atoms with van der Waals surface area (Å²) in [4.78, 5) is 0. The molecule has 0 fully saturated rings. The maximum Gasteiger partial charge on any atom is 0.577 e. The Hall–Kier alpha value is -1.03. The summed E-state index contributed by atoms with van der Waals surface area (Å²) in [6.45, 7) is 1.20. The van der Waals surface area contributed by atoms with Crippen molar-refractivity contribution in [3.8, 4) is 0 Å². The molecule has 0 aliphatic rings. The molecule has 0 saturated heterocycles. The van der Waals surface area contributed by atoms with E-state index in [0.29, 0.717) is 0 Å². The van der Waals surface area contributed by atoms with Gasteiger partial charge in [0.05, 0.1) is 6.10 Å². The van der Waals surface area contributed by atoms with Crippen LogP contribution in [0, 0.1) is 23.3 Å². The second-order valence-corrected chi connectivity index (χ2v) is 5.32. The van der Waals surface area contributed by atoms with Crippen LogP contribution >= 0.6 is 0 Å². The lowest BCUT2D eigenvalue weighted by atomic mass is 10.1. The molecule has 3 nitrogen and oxygen atoms in total. The maximum absolute atomic E-state index is 14.0. The highest BCUT2D eigenvalue weighted by Gasteiger charge is 2.31. The van der Waals surface area contributed by atoms with Crippen LogP contribution in [0.2, 0.25) is 0 Å². The molecule has 0 N–H and O–H groups in total. The minimum absolute atomic E-state index is 0.254. The molecule has 113 valence electrons. The van der Waals surface area contributed by atoms with Crippen LogP contribution in [0.3, 0.4) is 0 Å². The number of hydrogen-bond donors (Lipinski definition) is 0. The first-order valence-electron chi connectivity index (χ1n) is 5.42. The zero-order valence-corrected chi connectivity index (χ0v) is 11.8. The molecular weight excluding hydrogens is 303 g/mol. The van der Waals surface area contributed by atoms with E-state index < -0.39 is 50.6 Å². The predicted octanol–water partition coefficient (Wildman–Crippen LogP) is 2.94. The van der Waals surface area contributed by atoms with Crippen LogP contribution in [0.4, 0.5) is 22.0 Å². The Morgan fingerprint density at radius 1 is 1.00 bits per heavy atom. The number of rotatable bonds is 6. The van der Waals surface area contributed by atoms with E-state index in [9.17, 15) is 22.0 Å². The number of benzene rings is 1. The molecule has 9 heteroatoms. The quantitative estimate of drug-likeness (QED) is 0.350. The molecule has 0 heterocycles. The lowest BCUT2D eigenvalue weighted by Gasteiger charge is -2.21. The molecule has 0 aliphatic heterocycles. The zero-order chi connectivity index (χ0) is 15.4. The average Bonchev–Trinajstić information content (AvgIpc) is 2.45. The van der Waals surface area contributed by atoms with E-state index in [1.165, 1.54) is 21.1 Å². The molecule has 2 unspecified atom stereocenters. The second-order valence-electron chi connectivity index (χ2n) is 3.77. The van der Waals surface area contributed by atoms with Gasteiger partial charge in [0.2, 0.25) is 0 Å². The normalized spacial score (nSPS) is 14.7. The highest BCUT2D eigenvalue weighted by molar-refractivity contribution is 6.36. The fraction of sp³-hybridized carbons (Fsp3) is 0.455. The largest absolute Gasteiger partial charge is 0.577 e. The van der Waals surface area contributed by atoms with Gasteiger partial charge >= 0.3 is 9.53 Å². The van der Waals surface area contributed by atoms with Crippen LogP contribution in [0.5, 0.6) is 0 Å². The van der Waals surface area contributed by atoms with E-state index >= 15 is 0 Å². The van der Waals surface area contributed by atoms with Crippen molar-refractivity contribution in [3.05, 3.63) is 34.9 Å². The minimum Gasteiger partial charge on any atom is -0.375 e. The number of hydrogen-bond acceptors (Lipinski definition) is 3. The Labute approximate surface area is 114 Å². The van der Waals surface area contributed by atoms with Gasteiger partial charge in [0.1, 0.15) is 0 Å². The predicted molar refractivity (Wildman–Crippen MR) is 60.4 cm³/mol. The summed E-state index contributed by atoms with van der Waals surface area (Å²) in [7, 11) is 0.280. The van der Waals surface area contributed by atoms with Crippen molar-refractivity contribution in [2.24, 2.45) is 0 Å². The van der Waals surface area contributed by atoms with Crippen molar-refractivity contribution in [1.29, 1.82) is 0 Å². The van der Waals surface area contributed by atoms with E-state index in [0.717, 1.165) is 0 Å². The third kappa shape index (κ3) is 3.54.